The Morgan fingerprint density at radius 1 is 0.939 bits per heavy atom. The molecule has 0 aliphatic carbocycles. The van der Waals surface area contributed by atoms with Crippen molar-refractivity contribution >= 4 is 58.0 Å². The Hall–Kier alpha value is -3.68. The van der Waals surface area contributed by atoms with Gasteiger partial charge >= 0.3 is 0 Å². The van der Waals surface area contributed by atoms with Gasteiger partial charge in [-0.15, -0.1) is 0 Å². The van der Waals surface area contributed by atoms with E-state index in [0.717, 1.165) is 10.5 Å². The summed E-state index contributed by atoms with van der Waals surface area (Å²) in [7, 11) is 0. The first-order valence-electron chi connectivity index (χ1n) is 9.74. The second kappa shape index (κ2) is 9.05. The van der Waals surface area contributed by atoms with Crippen molar-refractivity contribution in [1.82, 2.24) is 0 Å². The lowest BCUT2D eigenvalue weighted by atomic mass is 10.1. The SMILES string of the molecule is Cc1ccc(N2C(=O)C(Cl)=C(Nc3cccc(C(=O)Nc4ccccc4F)c3)C2=O)cc1Cl. The van der Waals surface area contributed by atoms with Crippen LogP contribution in [0.2, 0.25) is 5.02 Å². The summed E-state index contributed by atoms with van der Waals surface area (Å²) in [4.78, 5) is 39.1. The van der Waals surface area contributed by atoms with Crippen molar-refractivity contribution in [3.8, 4) is 0 Å². The van der Waals surface area contributed by atoms with Crippen molar-refractivity contribution in [1.29, 1.82) is 0 Å². The Morgan fingerprint density at radius 2 is 1.70 bits per heavy atom. The highest BCUT2D eigenvalue weighted by Gasteiger charge is 2.39. The molecule has 9 heteroatoms. The van der Waals surface area contributed by atoms with Crippen LogP contribution in [0.1, 0.15) is 15.9 Å². The van der Waals surface area contributed by atoms with Gasteiger partial charge in [0.25, 0.3) is 17.7 Å². The highest BCUT2D eigenvalue weighted by molar-refractivity contribution is 6.53. The highest BCUT2D eigenvalue weighted by atomic mass is 35.5. The molecule has 3 aromatic carbocycles. The number of nitrogens with zero attached hydrogens (tertiary/aromatic N) is 1. The van der Waals surface area contributed by atoms with Crippen molar-refractivity contribution in [2.24, 2.45) is 0 Å². The van der Waals surface area contributed by atoms with Gasteiger partial charge in [0, 0.05) is 16.3 Å². The van der Waals surface area contributed by atoms with Gasteiger partial charge in [-0.25, -0.2) is 9.29 Å². The Kier molecular flexibility index (Phi) is 6.18. The molecule has 0 unspecified atom stereocenters. The van der Waals surface area contributed by atoms with Crippen LogP contribution in [0.5, 0.6) is 0 Å². The van der Waals surface area contributed by atoms with Crippen LogP contribution in [0.15, 0.2) is 77.5 Å². The van der Waals surface area contributed by atoms with E-state index in [2.05, 4.69) is 10.6 Å². The number of benzene rings is 3. The first-order chi connectivity index (χ1) is 15.8. The minimum atomic E-state index is -0.697. The van der Waals surface area contributed by atoms with Crippen LogP contribution in [0.4, 0.5) is 21.5 Å². The maximum absolute atomic E-state index is 13.8. The van der Waals surface area contributed by atoms with Crippen molar-refractivity contribution < 1.29 is 18.8 Å². The van der Waals surface area contributed by atoms with E-state index < -0.39 is 23.5 Å². The third-order valence-corrected chi connectivity index (χ3v) is 5.71. The van der Waals surface area contributed by atoms with Crippen molar-refractivity contribution in [2.45, 2.75) is 6.92 Å². The van der Waals surface area contributed by atoms with Crippen molar-refractivity contribution in [3.05, 3.63) is 99.4 Å². The Labute approximate surface area is 198 Å². The summed E-state index contributed by atoms with van der Waals surface area (Å²) in [5.41, 5.74) is 1.53. The number of aryl methyl sites for hydroxylation is 1. The number of anilines is 3. The maximum atomic E-state index is 13.8. The maximum Gasteiger partial charge on any atom is 0.283 e. The minimum absolute atomic E-state index is 0.0376. The summed E-state index contributed by atoms with van der Waals surface area (Å²) in [6.07, 6.45) is 0. The molecule has 0 fully saturated rings. The smallest absolute Gasteiger partial charge is 0.283 e. The number of hydrogen-bond acceptors (Lipinski definition) is 4. The second-order valence-electron chi connectivity index (χ2n) is 7.21. The van der Waals surface area contributed by atoms with E-state index in [1.54, 1.807) is 37.3 Å². The molecule has 1 aliphatic rings. The van der Waals surface area contributed by atoms with Crippen LogP contribution in [0, 0.1) is 12.7 Å². The molecule has 1 aliphatic heterocycles. The number of carbonyl (C=O) groups is 3. The molecule has 0 spiro atoms. The minimum Gasteiger partial charge on any atom is -0.350 e. The summed E-state index contributed by atoms with van der Waals surface area (Å²) in [6, 6.07) is 16.7. The Morgan fingerprint density at radius 3 is 2.42 bits per heavy atom. The van der Waals surface area contributed by atoms with E-state index >= 15 is 0 Å². The predicted octanol–water partition coefficient (Wildman–Crippen LogP) is 5.48. The molecular formula is C24H16Cl2FN3O3. The zero-order valence-corrected chi connectivity index (χ0v) is 18.7. The van der Waals surface area contributed by atoms with Crippen LogP contribution in [-0.4, -0.2) is 17.7 Å². The molecule has 0 bridgehead atoms. The molecule has 0 saturated carbocycles. The monoisotopic (exact) mass is 483 g/mol. The van der Waals surface area contributed by atoms with Gasteiger partial charge in [0.2, 0.25) is 0 Å². The summed E-state index contributed by atoms with van der Waals surface area (Å²) in [5.74, 6) is -2.47. The molecule has 1 heterocycles. The van der Waals surface area contributed by atoms with Crippen molar-refractivity contribution in [2.75, 3.05) is 15.5 Å². The van der Waals surface area contributed by atoms with Crippen molar-refractivity contribution in [3.63, 3.8) is 0 Å². The average Bonchev–Trinajstić information content (AvgIpc) is 3.00. The van der Waals surface area contributed by atoms with Gasteiger partial charge in [-0.2, -0.15) is 0 Å². The lowest BCUT2D eigenvalue weighted by molar-refractivity contribution is -0.120. The van der Waals surface area contributed by atoms with E-state index in [0.29, 0.717) is 10.7 Å². The highest BCUT2D eigenvalue weighted by Crippen LogP contribution is 2.32. The molecule has 4 rings (SSSR count). The standard InChI is InChI=1S/C24H16Cl2FN3O3/c1-13-9-10-16(12-17(13)25)30-23(32)20(26)21(24(30)33)28-15-6-4-5-14(11-15)22(31)29-19-8-3-2-7-18(19)27/h2-12,28H,1H3,(H,29,31). The fourth-order valence-corrected chi connectivity index (χ4v) is 3.59. The van der Waals surface area contributed by atoms with Crippen LogP contribution in [0.3, 0.4) is 0 Å². The second-order valence-corrected chi connectivity index (χ2v) is 7.99. The molecule has 0 atom stereocenters. The van der Waals surface area contributed by atoms with Crippen LogP contribution < -0.4 is 15.5 Å². The number of halogens is 3. The summed E-state index contributed by atoms with van der Waals surface area (Å²) < 4.78 is 13.8. The van der Waals surface area contributed by atoms with Gasteiger partial charge < -0.3 is 10.6 Å². The van der Waals surface area contributed by atoms with Gasteiger partial charge in [-0.3, -0.25) is 14.4 Å². The first-order valence-corrected chi connectivity index (χ1v) is 10.5. The lowest BCUT2D eigenvalue weighted by Gasteiger charge is -2.16. The molecule has 3 aromatic rings. The summed E-state index contributed by atoms with van der Waals surface area (Å²) in [5, 5.41) is 5.41. The normalized spacial score (nSPS) is 13.5. The molecule has 6 nitrogen and oxygen atoms in total. The van der Waals surface area contributed by atoms with Gasteiger partial charge in [0.15, 0.2) is 0 Å². The molecule has 0 saturated heterocycles. The number of imide groups is 1. The molecule has 3 amide bonds. The van der Waals surface area contributed by atoms with Crippen LogP contribution in [0.25, 0.3) is 0 Å². The third-order valence-electron chi connectivity index (χ3n) is 4.96. The third kappa shape index (κ3) is 4.46. The first kappa shape index (κ1) is 22.5. The zero-order chi connectivity index (χ0) is 23.7. The fraction of sp³-hybridized carbons (Fsp3) is 0.0417. The molecule has 2 N–H and O–H groups in total. The molecule has 0 aromatic heterocycles. The molecule has 166 valence electrons. The van der Waals surface area contributed by atoms with E-state index in [4.69, 9.17) is 23.2 Å². The number of amides is 3. The average molecular weight is 484 g/mol. The number of carbonyl (C=O) groups excluding carboxylic acids is 3. The Balaban J connectivity index is 1.56. The van der Waals surface area contributed by atoms with E-state index in [9.17, 15) is 18.8 Å². The van der Waals surface area contributed by atoms with Gasteiger partial charge in [0.05, 0.1) is 11.4 Å². The van der Waals surface area contributed by atoms with Crippen LogP contribution in [-0.2, 0) is 9.59 Å². The number of nitrogens with one attached hydrogen (secondary N) is 2. The zero-order valence-electron chi connectivity index (χ0n) is 17.2. The van der Waals surface area contributed by atoms with Crippen LogP contribution >= 0.6 is 23.2 Å². The number of para-hydroxylation sites is 1. The van der Waals surface area contributed by atoms with E-state index in [1.165, 1.54) is 36.4 Å². The molecular weight excluding hydrogens is 468 g/mol. The largest absolute Gasteiger partial charge is 0.350 e. The fourth-order valence-electron chi connectivity index (χ4n) is 3.21. The molecule has 33 heavy (non-hydrogen) atoms. The Bertz CT molecular complexity index is 1340. The van der Waals surface area contributed by atoms with Gasteiger partial charge in [0.1, 0.15) is 16.5 Å². The molecule has 0 radical (unpaired) electrons. The summed E-state index contributed by atoms with van der Waals surface area (Å²) >= 11 is 12.3. The quantitative estimate of drug-likeness (QED) is 0.471. The topological polar surface area (TPSA) is 78.5 Å². The number of rotatable bonds is 5. The van der Waals surface area contributed by atoms with E-state index in [1.807, 2.05) is 0 Å². The van der Waals surface area contributed by atoms with Gasteiger partial charge in [-0.1, -0.05) is 47.5 Å². The van der Waals surface area contributed by atoms with E-state index in [-0.39, 0.29) is 27.7 Å². The summed E-state index contributed by atoms with van der Waals surface area (Å²) in [6.45, 7) is 1.80. The number of hydrogen-bond donors (Lipinski definition) is 2. The lowest BCUT2D eigenvalue weighted by Crippen LogP contribution is -2.32. The predicted molar refractivity (Wildman–Crippen MR) is 126 cm³/mol. The van der Waals surface area contributed by atoms with Gasteiger partial charge in [-0.05, 0) is 55.0 Å².